The van der Waals surface area contributed by atoms with Gasteiger partial charge in [-0.05, 0) is 32.4 Å². The largest absolute Gasteiger partial charge is 0.375 e. The van der Waals surface area contributed by atoms with E-state index in [-0.39, 0.29) is 30.7 Å². The average Bonchev–Trinajstić information content (AvgIpc) is 2.34. The third-order valence-corrected chi connectivity index (χ3v) is 2.74. The first-order chi connectivity index (χ1) is 8.41. The summed E-state index contributed by atoms with van der Waals surface area (Å²) >= 11 is 0. The van der Waals surface area contributed by atoms with Crippen LogP contribution >= 0.6 is 24.8 Å². The lowest BCUT2D eigenvalue weighted by molar-refractivity contribution is -0.125. The average molecular weight is 322 g/mol. The second-order valence-electron chi connectivity index (χ2n) is 5.09. The van der Waals surface area contributed by atoms with Crippen LogP contribution in [0.5, 0.6) is 0 Å². The Morgan fingerprint density at radius 3 is 2.30 bits per heavy atom. The second-order valence-corrected chi connectivity index (χ2v) is 5.09. The van der Waals surface area contributed by atoms with E-state index in [0.29, 0.717) is 6.54 Å². The van der Waals surface area contributed by atoms with Crippen molar-refractivity contribution in [3.63, 3.8) is 0 Å². The first kappa shape index (κ1) is 21.3. The van der Waals surface area contributed by atoms with Gasteiger partial charge in [0.2, 0.25) is 5.91 Å². The SMILES string of the molecule is CN(CCCNC(=O)C(C)(C)N)c1ccccc1.Cl.Cl. The number of para-hydroxylation sites is 1. The molecule has 0 saturated heterocycles. The van der Waals surface area contributed by atoms with Crippen LogP contribution in [-0.2, 0) is 4.79 Å². The summed E-state index contributed by atoms with van der Waals surface area (Å²) in [6, 6.07) is 10.2. The van der Waals surface area contributed by atoms with Gasteiger partial charge in [0, 0.05) is 25.8 Å². The van der Waals surface area contributed by atoms with Gasteiger partial charge in [0.05, 0.1) is 5.54 Å². The van der Waals surface area contributed by atoms with E-state index in [1.807, 2.05) is 25.2 Å². The number of carbonyl (C=O) groups is 1. The zero-order chi connectivity index (χ0) is 13.6. The zero-order valence-electron chi connectivity index (χ0n) is 12.3. The Bertz CT molecular complexity index is 380. The normalized spacial score (nSPS) is 10.0. The minimum atomic E-state index is -0.800. The number of nitrogens with zero attached hydrogens (tertiary/aromatic N) is 1. The number of hydrogen-bond acceptors (Lipinski definition) is 3. The molecule has 20 heavy (non-hydrogen) atoms. The van der Waals surface area contributed by atoms with Crippen LogP contribution in [0.15, 0.2) is 30.3 Å². The molecule has 0 radical (unpaired) electrons. The molecule has 4 nitrogen and oxygen atoms in total. The second kappa shape index (κ2) is 9.86. The van der Waals surface area contributed by atoms with Crippen molar-refractivity contribution in [1.29, 1.82) is 0 Å². The van der Waals surface area contributed by atoms with Gasteiger partial charge in [0.1, 0.15) is 0 Å². The number of halogens is 2. The lowest BCUT2D eigenvalue weighted by Crippen LogP contribution is -2.49. The number of rotatable bonds is 6. The lowest BCUT2D eigenvalue weighted by atomic mass is 10.1. The van der Waals surface area contributed by atoms with Crippen LogP contribution in [0.2, 0.25) is 0 Å². The fourth-order valence-corrected chi connectivity index (χ4v) is 1.56. The molecule has 0 aliphatic heterocycles. The molecular weight excluding hydrogens is 297 g/mol. The van der Waals surface area contributed by atoms with Crippen LogP contribution in [0.4, 0.5) is 5.69 Å². The summed E-state index contributed by atoms with van der Waals surface area (Å²) in [5.41, 5.74) is 6.07. The van der Waals surface area contributed by atoms with E-state index >= 15 is 0 Å². The predicted molar refractivity (Wildman–Crippen MR) is 90.1 cm³/mol. The topological polar surface area (TPSA) is 58.4 Å². The maximum absolute atomic E-state index is 11.5. The van der Waals surface area contributed by atoms with Gasteiger partial charge < -0.3 is 16.0 Å². The van der Waals surface area contributed by atoms with Crippen molar-refractivity contribution >= 4 is 36.4 Å². The van der Waals surface area contributed by atoms with Crippen molar-refractivity contribution in [3.8, 4) is 0 Å². The zero-order valence-corrected chi connectivity index (χ0v) is 13.9. The summed E-state index contributed by atoms with van der Waals surface area (Å²) in [5, 5.41) is 2.84. The number of nitrogens with one attached hydrogen (secondary N) is 1. The van der Waals surface area contributed by atoms with Crippen molar-refractivity contribution in [1.82, 2.24) is 5.32 Å². The van der Waals surface area contributed by atoms with Crippen molar-refractivity contribution in [3.05, 3.63) is 30.3 Å². The molecule has 1 aromatic carbocycles. The van der Waals surface area contributed by atoms with Crippen LogP contribution in [-0.4, -0.2) is 31.6 Å². The number of anilines is 1. The van der Waals surface area contributed by atoms with E-state index < -0.39 is 5.54 Å². The Balaban J connectivity index is 0. The molecule has 1 rings (SSSR count). The molecule has 0 heterocycles. The number of hydrogen-bond donors (Lipinski definition) is 2. The summed E-state index contributed by atoms with van der Waals surface area (Å²) in [5.74, 6) is -0.107. The van der Waals surface area contributed by atoms with Gasteiger partial charge in [0.15, 0.2) is 0 Å². The van der Waals surface area contributed by atoms with Crippen molar-refractivity contribution in [2.24, 2.45) is 5.73 Å². The van der Waals surface area contributed by atoms with E-state index in [9.17, 15) is 4.79 Å². The van der Waals surface area contributed by atoms with E-state index in [1.54, 1.807) is 13.8 Å². The summed E-state index contributed by atoms with van der Waals surface area (Å²) in [6.45, 7) is 4.96. The van der Waals surface area contributed by atoms with E-state index in [0.717, 1.165) is 13.0 Å². The Kier molecular flexibility index (Phi) is 10.5. The molecule has 116 valence electrons. The first-order valence-corrected chi connectivity index (χ1v) is 6.24. The summed E-state index contributed by atoms with van der Waals surface area (Å²) in [7, 11) is 2.05. The van der Waals surface area contributed by atoms with E-state index in [2.05, 4.69) is 22.3 Å². The maximum Gasteiger partial charge on any atom is 0.239 e. The monoisotopic (exact) mass is 321 g/mol. The van der Waals surface area contributed by atoms with Crippen LogP contribution in [0, 0.1) is 0 Å². The molecule has 0 fully saturated rings. The lowest BCUT2D eigenvalue weighted by Gasteiger charge is -2.21. The molecular formula is C14H25Cl2N3O. The predicted octanol–water partition coefficient (Wildman–Crippen LogP) is 2.21. The van der Waals surface area contributed by atoms with Gasteiger partial charge >= 0.3 is 0 Å². The van der Waals surface area contributed by atoms with E-state index in [1.165, 1.54) is 5.69 Å². The minimum absolute atomic E-state index is 0. The van der Waals surface area contributed by atoms with Gasteiger partial charge in [-0.2, -0.15) is 0 Å². The summed E-state index contributed by atoms with van der Waals surface area (Å²) < 4.78 is 0. The molecule has 0 aromatic heterocycles. The van der Waals surface area contributed by atoms with Crippen molar-refractivity contribution in [2.45, 2.75) is 25.8 Å². The van der Waals surface area contributed by atoms with Crippen LogP contribution < -0.4 is 16.0 Å². The highest BCUT2D eigenvalue weighted by Gasteiger charge is 2.20. The van der Waals surface area contributed by atoms with Crippen molar-refractivity contribution < 1.29 is 4.79 Å². The Morgan fingerprint density at radius 2 is 1.80 bits per heavy atom. The third-order valence-electron chi connectivity index (χ3n) is 2.74. The molecule has 0 spiro atoms. The fraction of sp³-hybridized carbons (Fsp3) is 0.500. The highest BCUT2D eigenvalue weighted by Crippen LogP contribution is 2.10. The van der Waals surface area contributed by atoms with Gasteiger partial charge in [-0.15, -0.1) is 24.8 Å². The highest BCUT2D eigenvalue weighted by atomic mass is 35.5. The van der Waals surface area contributed by atoms with Crippen LogP contribution in [0.25, 0.3) is 0 Å². The minimum Gasteiger partial charge on any atom is -0.375 e. The number of nitrogens with two attached hydrogens (primary N) is 1. The highest BCUT2D eigenvalue weighted by molar-refractivity contribution is 5.85. The molecule has 6 heteroatoms. The molecule has 1 amide bonds. The van der Waals surface area contributed by atoms with Gasteiger partial charge in [-0.3, -0.25) is 4.79 Å². The summed E-state index contributed by atoms with van der Waals surface area (Å²) in [4.78, 5) is 13.7. The number of carbonyl (C=O) groups excluding carboxylic acids is 1. The molecule has 0 bridgehead atoms. The molecule has 0 atom stereocenters. The van der Waals surface area contributed by atoms with Gasteiger partial charge in [-0.25, -0.2) is 0 Å². The van der Waals surface area contributed by atoms with Crippen molar-refractivity contribution in [2.75, 3.05) is 25.0 Å². The quantitative estimate of drug-likeness (QED) is 0.790. The smallest absolute Gasteiger partial charge is 0.239 e. The van der Waals surface area contributed by atoms with Crippen LogP contribution in [0.3, 0.4) is 0 Å². The Labute approximate surface area is 133 Å². The molecule has 1 aromatic rings. The third kappa shape index (κ3) is 7.58. The molecule has 0 unspecified atom stereocenters. The molecule has 0 aliphatic carbocycles. The van der Waals surface area contributed by atoms with Gasteiger partial charge in [-0.1, -0.05) is 18.2 Å². The molecule has 0 aliphatic rings. The van der Waals surface area contributed by atoms with E-state index in [4.69, 9.17) is 5.73 Å². The molecule has 3 N–H and O–H groups in total. The summed E-state index contributed by atoms with van der Waals surface area (Å²) in [6.07, 6.45) is 0.896. The van der Waals surface area contributed by atoms with Gasteiger partial charge in [0.25, 0.3) is 0 Å². The van der Waals surface area contributed by atoms with Crippen LogP contribution in [0.1, 0.15) is 20.3 Å². The maximum atomic E-state index is 11.5. The fourth-order valence-electron chi connectivity index (χ4n) is 1.56. The molecule has 0 saturated carbocycles. The standard InChI is InChI=1S/C14H23N3O.2ClH/c1-14(2,15)13(18)16-10-7-11-17(3)12-8-5-4-6-9-12;;/h4-6,8-9H,7,10-11,15H2,1-3H3,(H,16,18);2*1H. The number of benzene rings is 1. The number of amides is 1. The first-order valence-electron chi connectivity index (χ1n) is 6.24. The Hall–Kier alpha value is -0.970. The Morgan fingerprint density at radius 1 is 1.25 bits per heavy atom.